The van der Waals surface area contributed by atoms with Gasteiger partial charge in [-0.2, -0.15) is 18.3 Å². The molecule has 26 heavy (non-hydrogen) atoms. The second-order valence-electron chi connectivity index (χ2n) is 5.86. The SMILES string of the molecule is CNC(C)CNC(=O)c1nn(-c2cccc(C(F)(F)F)c2)c(C)cc1=O. The van der Waals surface area contributed by atoms with Crippen molar-refractivity contribution in [2.75, 3.05) is 13.6 Å². The number of rotatable bonds is 5. The summed E-state index contributed by atoms with van der Waals surface area (Å²) in [6, 6.07) is 5.67. The molecule has 0 aliphatic carbocycles. The molecule has 0 saturated heterocycles. The summed E-state index contributed by atoms with van der Waals surface area (Å²) in [6.07, 6.45) is -4.51. The van der Waals surface area contributed by atoms with Gasteiger partial charge in [0.05, 0.1) is 11.3 Å². The molecule has 1 aromatic carbocycles. The van der Waals surface area contributed by atoms with E-state index in [1.807, 2.05) is 6.92 Å². The standard InChI is InChI=1S/C17H19F3N4O2/c1-10(21-3)9-22-16(26)15-14(25)7-11(2)24(23-15)13-6-4-5-12(8-13)17(18,19)20/h4-8,10,21H,9H2,1-3H3,(H,22,26). The van der Waals surface area contributed by atoms with Crippen LogP contribution in [0.1, 0.15) is 28.7 Å². The number of nitrogens with one attached hydrogen (secondary N) is 2. The number of alkyl halides is 3. The van der Waals surface area contributed by atoms with Crippen LogP contribution in [0.25, 0.3) is 5.69 Å². The number of carbonyl (C=O) groups is 1. The highest BCUT2D eigenvalue weighted by Crippen LogP contribution is 2.30. The lowest BCUT2D eigenvalue weighted by molar-refractivity contribution is -0.137. The maximum Gasteiger partial charge on any atom is 0.416 e. The number of aryl methyl sites for hydroxylation is 1. The van der Waals surface area contributed by atoms with E-state index in [0.29, 0.717) is 5.69 Å². The monoisotopic (exact) mass is 368 g/mol. The van der Waals surface area contributed by atoms with Gasteiger partial charge in [-0.1, -0.05) is 6.07 Å². The maximum absolute atomic E-state index is 12.9. The van der Waals surface area contributed by atoms with E-state index in [1.54, 1.807) is 7.05 Å². The van der Waals surface area contributed by atoms with Crippen molar-refractivity contribution in [3.05, 3.63) is 57.5 Å². The van der Waals surface area contributed by atoms with Crippen LogP contribution in [0.15, 0.2) is 35.1 Å². The summed E-state index contributed by atoms with van der Waals surface area (Å²) in [5, 5.41) is 9.47. The van der Waals surface area contributed by atoms with E-state index in [9.17, 15) is 22.8 Å². The summed E-state index contributed by atoms with van der Waals surface area (Å²) in [4.78, 5) is 24.3. The van der Waals surface area contributed by atoms with Gasteiger partial charge in [0.15, 0.2) is 5.69 Å². The molecule has 1 atom stereocenters. The Labute approximate surface area is 148 Å². The molecule has 1 aromatic heterocycles. The van der Waals surface area contributed by atoms with Crippen LogP contribution in [0.2, 0.25) is 0 Å². The molecule has 2 aromatic rings. The maximum atomic E-state index is 12.9. The molecule has 0 radical (unpaired) electrons. The number of hydrogen-bond donors (Lipinski definition) is 2. The second-order valence-corrected chi connectivity index (χ2v) is 5.86. The molecule has 2 rings (SSSR count). The van der Waals surface area contributed by atoms with Gasteiger partial charge >= 0.3 is 6.18 Å². The largest absolute Gasteiger partial charge is 0.416 e. The molecule has 9 heteroatoms. The normalized spacial score (nSPS) is 12.7. The highest BCUT2D eigenvalue weighted by molar-refractivity contribution is 5.92. The Morgan fingerprint density at radius 3 is 2.62 bits per heavy atom. The summed E-state index contributed by atoms with van der Waals surface area (Å²) in [5.41, 5.74) is -1.40. The van der Waals surface area contributed by atoms with Crippen molar-refractivity contribution in [2.45, 2.75) is 26.1 Å². The molecule has 0 aliphatic heterocycles. The average Bonchev–Trinajstić information content (AvgIpc) is 2.58. The zero-order valence-electron chi connectivity index (χ0n) is 14.5. The quantitative estimate of drug-likeness (QED) is 0.845. The molecule has 0 aliphatic rings. The first-order valence-electron chi connectivity index (χ1n) is 7.87. The Morgan fingerprint density at radius 2 is 2.00 bits per heavy atom. The Kier molecular flexibility index (Phi) is 5.81. The second kappa shape index (κ2) is 7.69. The van der Waals surface area contributed by atoms with Crippen LogP contribution in [-0.2, 0) is 6.18 Å². The molecule has 1 heterocycles. The summed E-state index contributed by atoms with van der Waals surface area (Å²) >= 11 is 0. The first-order valence-corrected chi connectivity index (χ1v) is 7.87. The van der Waals surface area contributed by atoms with Gasteiger partial charge in [0.25, 0.3) is 5.91 Å². The fourth-order valence-electron chi connectivity index (χ4n) is 2.21. The van der Waals surface area contributed by atoms with Gasteiger partial charge < -0.3 is 10.6 Å². The number of amides is 1. The van der Waals surface area contributed by atoms with Crippen molar-refractivity contribution >= 4 is 5.91 Å². The number of carbonyl (C=O) groups excluding carboxylic acids is 1. The summed E-state index contributed by atoms with van der Waals surface area (Å²) in [7, 11) is 1.72. The molecule has 6 nitrogen and oxygen atoms in total. The predicted molar refractivity (Wildman–Crippen MR) is 90.4 cm³/mol. The van der Waals surface area contributed by atoms with Crippen LogP contribution in [0.3, 0.4) is 0 Å². The van der Waals surface area contributed by atoms with Gasteiger partial charge in [-0.15, -0.1) is 0 Å². The number of halogens is 3. The molecule has 140 valence electrons. The van der Waals surface area contributed by atoms with E-state index in [2.05, 4.69) is 15.7 Å². The first kappa shape index (κ1) is 19.6. The molecule has 1 amide bonds. The molecule has 1 unspecified atom stereocenters. The molecule has 0 spiro atoms. The zero-order valence-corrected chi connectivity index (χ0v) is 14.5. The summed E-state index contributed by atoms with van der Waals surface area (Å²) < 4.78 is 39.9. The molecule has 0 bridgehead atoms. The number of nitrogens with zero attached hydrogens (tertiary/aromatic N) is 2. The van der Waals surface area contributed by atoms with E-state index in [4.69, 9.17) is 0 Å². The van der Waals surface area contributed by atoms with Crippen molar-refractivity contribution in [3.63, 3.8) is 0 Å². The van der Waals surface area contributed by atoms with Crippen LogP contribution in [0, 0.1) is 6.92 Å². The van der Waals surface area contributed by atoms with E-state index < -0.39 is 23.1 Å². The van der Waals surface area contributed by atoms with Crippen LogP contribution < -0.4 is 16.1 Å². The third-order valence-electron chi connectivity index (χ3n) is 3.80. The third kappa shape index (κ3) is 4.48. The summed E-state index contributed by atoms with van der Waals surface area (Å²) in [5.74, 6) is -0.683. The lowest BCUT2D eigenvalue weighted by Gasteiger charge is -2.14. The van der Waals surface area contributed by atoms with Gasteiger partial charge in [-0.05, 0) is 39.1 Å². The number of likely N-dealkylation sites (N-methyl/N-ethyl adjacent to an activating group) is 1. The Balaban J connectivity index is 2.42. The van der Waals surface area contributed by atoms with Crippen molar-refractivity contribution in [1.82, 2.24) is 20.4 Å². The van der Waals surface area contributed by atoms with Crippen molar-refractivity contribution in [1.29, 1.82) is 0 Å². The minimum Gasteiger partial charge on any atom is -0.349 e. The van der Waals surface area contributed by atoms with Crippen LogP contribution in [-0.4, -0.2) is 35.3 Å². The lowest BCUT2D eigenvalue weighted by atomic mass is 10.2. The van der Waals surface area contributed by atoms with Crippen molar-refractivity contribution in [3.8, 4) is 5.69 Å². The van der Waals surface area contributed by atoms with Gasteiger partial charge in [0.1, 0.15) is 0 Å². The molecular weight excluding hydrogens is 349 g/mol. The lowest BCUT2D eigenvalue weighted by Crippen LogP contribution is -2.39. The van der Waals surface area contributed by atoms with Gasteiger partial charge in [0.2, 0.25) is 5.43 Å². The highest BCUT2D eigenvalue weighted by Gasteiger charge is 2.30. The molecule has 0 fully saturated rings. The Bertz CT molecular complexity index is 862. The zero-order chi connectivity index (χ0) is 19.5. The van der Waals surface area contributed by atoms with Crippen LogP contribution >= 0.6 is 0 Å². The molecular formula is C17H19F3N4O2. The van der Waals surface area contributed by atoms with E-state index in [1.165, 1.54) is 25.1 Å². The molecule has 2 N–H and O–H groups in total. The predicted octanol–water partition coefficient (Wildman–Crippen LogP) is 1.90. The average molecular weight is 368 g/mol. The van der Waals surface area contributed by atoms with Gasteiger partial charge in [-0.3, -0.25) is 9.59 Å². The Hall–Kier alpha value is -2.68. The highest BCUT2D eigenvalue weighted by atomic mass is 19.4. The Morgan fingerprint density at radius 1 is 1.31 bits per heavy atom. The van der Waals surface area contributed by atoms with E-state index in [-0.39, 0.29) is 24.0 Å². The fourth-order valence-corrected chi connectivity index (χ4v) is 2.21. The first-order chi connectivity index (χ1) is 12.1. The number of hydrogen-bond acceptors (Lipinski definition) is 4. The minimum atomic E-state index is -4.51. The molecule has 0 saturated carbocycles. The van der Waals surface area contributed by atoms with E-state index >= 15 is 0 Å². The van der Waals surface area contributed by atoms with Crippen molar-refractivity contribution < 1.29 is 18.0 Å². The third-order valence-corrected chi connectivity index (χ3v) is 3.80. The minimum absolute atomic E-state index is 0.0184. The van der Waals surface area contributed by atoms with Gasteiger partial charge in [0, 0.05) is 24.3 Å². The number of aromatic nitrogens is 2. The smallest absolute Gasteiger partial charge is 0.349 e. The van der Waals surface area contributed by atoms with Crippen molar-refractivity contribution in [2.24, 2.45) is 0 Å². The fraction of sp³-hybridized carbons (Fsp3) is 0.353. The topological polar surface area (TPSA) is 76.0 Å². The van der Waals surface area contributed by atoms with Gasteiger partial charge in [-0.25, -0.2) is 4.68 Å². The van der Waals surface area contributed by atoms with Crippen LogP contribution in [0.4, 0.5) is 13.2 Å². The number of benzene rings is 1. The summed E-state index contributed by atoms with van der Waals surface area (Å²) in [6.45, 7) is 3.64. The van der Waals surface area contributed by atoms with Crippen LogP contribution in [0.5, 0.6) is 0 Å². The van der Waals surface area contributed by atoms with E-state index in [0.717, 1.165) is 16.8 Å².